The van der Waals surface area contributed by atoms with Crippen LogP contribution in [0.15, 0.2) is 33.2 Å². The molecule has 0 fully saturated rings. The summed E-state index contributed by atoms with van der Waals surface area (Å²) in [6, 6.07) is 2.14. The lowest BCUT2D eigenvalue weighted by Gasteiger charge is -2.24. The fourth-order valence-electron chi connectivity index (χ4n) is 2.66. The summed E-state index contributed by atoms with van der Waals surface area (Å²) in [6.45, 7) is 2.00. The van der Waals surface area contributed by atoms with Gasteiger partial charge in [-0.2, -0.15) is 26.6 Å². The number of aromatic nitrogens is 2. The molecule has 7 heteroatoms. The molecule has 1 unspecified atom stereocenters. The number of nitrogens with two attached hydrogens (primary N) is 2. The molecule has 0 spiro atoms. The van der Waals surface area contributed by atoms with E-state index < -0.39 is 0 Å². The monoisotopic (exact) mass is 300 g/mol. The Kier molecular flexibility index (Phi) is 3.66. The molecule has 1 aliphatic carbocycles. The summed E-state index contributed by atoms with van der Waals surface area (Å²) < 4.78 is 0. The lowest BCUT2D eigenvalue weighted by Crippen LogP contribution is -2.24. The van der Waals surface area contributed by atoms with Crippen LogP contribution in [-0.4, -0.2) is 21.9 Å². The Balaban J connectivity index is 2.06. The molecule has 1 atom stereocenters. The van der Waals surface area contributed by atoms with Crippen LogP contribution in [0.5, 0.6) is 0 Å². The van der Waals surface area contributed by atoms with Crippen LogP contribution in [0.3, 0.4) is 0 Å². The minimum Gasteiger partial charge on any atom is -0.369 e. The minimum absolute atomic E-state index is 0.0404. The second-order valence-electron chi connectivity index (χ2n) is 5.08. The van der Waals surface area contributed by atoms with Crippen LogP contribution in [-0.2, 0) is 6.42 Å². The standard InChI is InChI=1S/C14H16N6S/c1-8-6-17-18-11-4-10(9-2-3-21-7-9)5-12(13(8)11)19-20-14(15)16/h2-3,6-7,10H,4-5H2,1H3,(H4,15,16,20)/b19-12+. The quantitative estimate of drug-likeness (QED) is 0.499. The maximum absolute atomic E-state index is 5.39. The predicted molar refractivity (Wildman–Crippen MR) is 84.5 cm³/mol. The third kappa shape index (κ3) is 2.78. The minimum atomic E-state index is -0.0404. The van der Waals surface area contributed by atoms with Gasteiger partial charge >= 0.3 is 0 Å². The summed E-state index contributed by atoms with van der Waals surface area (Å²) in [4.78, 5) is 0. The molecule has 0 aliphatic heterocycles. The molecular formula is C14H16N6S. The van der Waals surface area contributed by atoms with Gasteiger partial charge in [0.05, 0.1) is 17.6 Å². The maximum Gasteiger partial charge on any atom is 0.211 e. The molecule has 2 heterocycles. The average molecular weight is 300 g/mol. The van der Waals surface area contributed by atoms with Gasteiger partial charge in [-0.25, -0.2) is 0 Å². The zero-order valence-corrected chi connectivity index (χ0v) is 12.5. The van der Waals surface area contributed by atoms with Crippen molar-refractivity contribution in [3.63, 3.8) is 0 Å². The molecule has 0 saturated heterocycles. The Hall–Kier alpha value is -2.28. The van der Waals surface area contributed by atoms with Gasteiger partial charge in [0.25, 0.3) is 0 Å². The van der Waals surface area contributed by atoms with Gasteiger partial charge < -0.3 is 11.5 Å². The van der Waals surface area contributed by atoms with Gasteiger partial charge in [-0.05, 0) is 53.6 Å². The van der Waals surface area contributed by atoms with E-state index in [1.54, 1.807) is 17.5 Å². The average Bonchev–Trinajstić information content (AvgIpc) is 2.98. The van der Waals surface area contributed by atoms with E-state index >= 15 is 0 Å². The van der Waals surface area contributed by atoms with E-state index in [2.05, 4.69) is 37.2 Å². The Morgan fingerprint density at radius 1 is 1.38 bits per heavy atom. The summed E-state index contributed by atoms with van der Waals surface area (Å²) in [5.74, 6) is 0.300. The van der Waals surface area contributed by atoms with Crippen LogP contribution in [0.4, 0.5) is 0 Å². The van der Waals surface area contributed by atoms with Gasteiger partial charge in [-0.3, -0.25) is 0 Å². The van der Waals surface area contributed by atoms with Crippen molar-refractivity contribution in [3.05, 3.63) is 45.4 Å². The third-order valence-corrected chi connectivity index (χ3v) is 4.28. The maximum atomic E-state index is 5.39. The first kappa shape index (κ1) is 13.7. The first-order valence-electron chi connectivity index (χ1n) is 6.64. The lowest BCUT2D eigenvalue weighted by molar-refractivity contribution is 0.667. The van der Waals surface area contributed by atoms with E-state index in [0.717, 1.165) is 35.4 Å². The summed E-state index contributed by atoms with van der Waals surface area (Å²) in [7, 11) is 0. The van der Waals surface area contributed by atoms with Gasteiger partial charge in [0.1, 0.15) is 0 Å². The summed E-state index contributed by atoms with van der Waals surface area (Å²) in [5.41, 5.74) is 16.0. The molecule has 4 N–H and O–H groups in total. The van der Waals surface area contributed by atoms with Crippen molar-refractivity contribution in [2.24, 2.45) is 21.7 Å². The van der Waals surface area contributed by atoms with Crippen molar-refractivity contribution >= 4 is 23.0 Å². The number of hydrogen-bond donors (Lipinski definition) is 2. The largest absolute Gasteiger partial charge is 0.369 e. The van der Waals surface area contributed by atoms with Crippen molar-refractivity contribution in [1.82, 2.24) is 10.2 Å². The van der Waals surface area contributed by atoms with Gasteiger partial charge in [-0.1, -0.05) is 0 Å². The summed E-state index contributed by atoms with van der Waals surface area (Å²) in [5, 5.41) is 20.6. The fourth-order valence-corrected chi connectivity index (χ4v) is 3.40. The van der Waals surface area contributed by atoms with E-state index in [9.17, 15) is 0 Å². The van der Waals surface area contributed by atoms with Gasteiger partial charge in [-0.15, -0.1) is 5.10 Å². The van der Waals surface area contributed by atoms with Crippen molar-refractivity contribution in [2.75, 3.05) is 0 Å². The SMILES string of the molecule is Cc1cnnc2c1/C(=N/N=C(N)N)CC(c1ccsc1)C2. The Bertz CT molecular complexity index is 700. The lowest BCUT2D eigenvalue weighted by atomic mass is 9.81. The van der Waals surface area contributed by atoms with Crippen LogP contribution in [0.1, 0.15) is 34.7 Å². The molecule has 0 radical (unpaired) electrons. The van der Waals surface area contributed by atoms with Crippen LogP contribution in [0, 0.1) is 6.92 Å². The van der Waals surface area contributed by atoms with E-state index in [1.165, 1.54) is 5.56 Å². The Morgan fingerprint density at radius 3 is 2.95 bits per heavy atom. The highest BCUT2D eigenvalue weighted by atomic mass is 32.1. The molecule has 2 aromatic heterocycles. The van der Waals surface area contributed by atoms with Crippen LogP contribution in [0.25, 0.3) is 0 Å². The van der Waals surface area contributed by atoms with Crippen LogP contribution >= 0.6 is 11.3 Å². The zero-order chi connectivity index (χ0) is 14.8. The molecule has 0 aromatic carbocycles. The van der Waals surface area contributed by atoms with E-state index in [0.29, 0.717) is 5.92 Å². The van der Waals surface area contributed by atoms with E-state index in [4.69, 9.17) is 11.5 Å². The summed E-state index contributed by atoms with van der Waals surface area (Å²) in [6.07, 6.45) is 3.41. The molecule has 2 aromatic rings. The predicted octanol–water partition coefficient (Wildman–Crippen LogP) is 1.55. The van der Waals surface area contributed by atoms with Gasteiger partial charge in [0, 0.05) is 5.56 Å². The van der Waals surface area contributed by atoms with Crippen molar-refractivity contribution in [1.29, 1.82) is 0 Å². The number of aryl methyl sites for hydroxylation is 1. The van der Waals surface area contributed by atoms with E-state index in [1.807, 2.05) is 6.92 Å². The van der Waals surface area contributed by atoms with Gasteiger partial charge in [0.2, 0.25) is 5.96 Å². The van der Waals surface area contributed by atoms with Crippen molar-refractivity contribution in [3.8, 4) is 0 Å². The topological polar surface area (TPSA) is 103 Å². The molecule has 6 nitrogen and oxygen atoms in total. The zero-order valence-electron chi connectivity index (χ0n) is 11.7. The highest BCUT2D eigenvalue weighted by Gasteiger charge is 2.28. The molecule has 0 amide bonds. The fraction of sp³-hybridized carbons (Fsp3) is 0.286. The first-order valence-corrected chi connectivity index (χ1v) is 7.58. The first-order chi connectivity index (χ1) is 10.1. The highest BCUT2D eigenvalue weighted by molar-refractivity contribution is 7.08. The number of thiophene rings is 1. The van der Waals surface area contributed by atoms with Crippen molar-refractivity contribution < 1.29 is 0 Å². The van der Waals surface area contributed by atoms with Crippen LogP contribution < -0.4 is 11.5 Å². The van der Waals surface area contributed by atoms with E-state index in [-0.39, 0.29) is 5.96 Å². The highest BCUT2D eigenvalue weighted by Crippen LogP contribution is 2.34. The molecule has 1 aliphatic rings. The molecule has 0 saturated carbocycles. The number of nitrogens with zero attached hydrogens (tertiary/aromatic N) is 4. The number of fused-ring (bicyclic) bond motifs is 1. The summed E-state index contributed by atoms with van der Waals surface area (Å²) >= 11 is 1.69. The number of rotatable bonds is 2. The number of guanidine groups is 1. The second kappa shape index (κ2) is 5.61. The molecular weight excluding hydrogens is 284 g/mol. The molecule has 108 valence electrons. The molecule has 0 bridgehead atoms. The van der Waals surface area contributed by atoms with Crippen LogP contribution in [0.2, 0.25) is 0 Å². The third-order valence-electron chi connectivity index (χ3n) is 3.58. The molecule has 21 heavy (non-hydrogen) atoms. The Morgan fingerprint density at radius 2 is 2.24 bits per heavy atom. The second-order valence-corrected chi connectivity index (χ2v) is 5.86. The smallest absolute Gasteiger partial charge is 0.211 e. The van der Waals surface area contributed by atoms with Gasteiger partial charge in [0.15, 0.2) is 0 Å². The van der Waals surface area contributed by atoms with Crippen molar-refractivity contribution in [2.45, 2.75) is 25.7 Å². The molecule has 3 rings (SSSR count). The normalized spacial score (nSPS) is 19.3. The Labute approximate surface area is 126 Å². The number of hydrogen-bond acceptors (Lipinski definition) is 5.